The van der Waals surface area contributed by atoms with E-state index in [4.69, 9.17) is 4.74 Å². The van der Waals surface area contributed by atoms with Gasteiger partial charge in [0.1, 0.15) is 0 Å². The van der Waals surface area contributed by atoms with E-state index in [0.29, 0.717) is 5.66 Å². The van der Waals surface area contributed by atoms with Gasteiger partial charge in [0, 0.05) is 12.2 Å². The molecule has 0 N–H and O–H groups in total. The highest BCUT2D eigenvalue weighted by Gasteiger charge is 2.37. The predicted molar refractivity (Wildman–Crippen MR) is 74.1 cm³/mol. The first-order chi connectivity index (χ1) is 7.20. The quantitative estimate of drug-likeness (QED) is 0.658. The Labute approximate surface area is 101 Å². The molecular formula is C12H28N3P. The number of nitrogens with zero attached hydrogens (tertiary/aromatic N) is 3. The summed E-state index contributed by atoms with van der Waals surface area (Å²) >= 11 is 0. The van der Waals surface area contributed by atoms with Crippen LogP contribution in [0.3, 0.4) is 0 Å². The lowest BCUT2D eigenvalue weighted by Gasteiger charge is -2.47. The zero-order valence-corrected chi connectivity index (χ0v) is 12.9. The Balaban J connectivity index is 3.27. The van der Waals surface area contributed by atoms with Gasteiger partial charge < -0.3 is 0 Å². The molecule has 0 aliphatic carbocycles. The first kappa shape index (κ1) is 14.2. The molecule has 0 aromatic rings. The van der Waals surface area contributed by atoms with Crippen LogP contribution >= 0.6 is 7.36 Å². The Morgan fingerprint density at radius 2 is 1.88 bits per heavy atom. The molecule has 0 spiro atoms. The van der Waals surface area contributed by atoms with Gasteiger partial charge in [-0.3, -0.25) is 14.1 Å². The molecule has 0 amide bonds. The minimum atomic E-state index is -1.47. The maximum absolute atomic E-state index is 5.22. The summed E-state index contributed by atoms with van der Waals surface area (Å²) in [6.45, 7) is 10.2. The van der Waals surface area contributed by atoms with Gasteiger partial charge in [-0.05, 0) is 54.8 Å². The van der Waals surface area contributed by atoms with Crippen LogP contribution < -0.4 is 0 Å². The third-order valence-electron chi connectivity index (χ3n) is 3.23. The van der Waals surface area contributed by atoms with Crippen LogP contribution in [0.1, 0.15) is 40.5 Å². The Morgan fingerprint density at radius 1 is 1.31 bits per heavy atom. The summed E-state index contributed by atoms with van der Waals surface area (Å²) in [5, 5.41) is 0. The summed E-state index contributed by atoms with van der Waals surface area (Å²) in [4.78, 5) is 0. The van der Waals surface area contributed by atoms with Crippen LogP contribution in [0.5, 0.6) is 0 Å². The second kappa shape index (κ2) is 4.80. The second-order valence-corrected chi connectivity index (χ2v) is 9.90. The lowest BCUT2D eigenvalue weighted by molar-refractivity contribution is 0.413. The molecule has 3 nitrogen and oxygen atoms in total. The molecule has 1 aliphatic rings. The highest BCUT2D eigenvalue weighted by Crippen LogP contribution is 2.62. The van der Waals surface area contributed by atoms with E-state index < -0.39 is 7.36 Å². The lowest BCUT2D eigenvalue weighted by atomic mass is 10.1. The van der Waals surface area contributed by atoms with Crippen molar-refractivity contribution in [2.75, 3.05) is 27.7 Å². The highest BCUT2D eigenvalue weighted by atomic mass is 31.2. The third kappa shape index (κ3) is 2.69. The van der Waals surface area contributed by atoms with E-state index in [1.54, 1.807) is 0 Å². The Morgan fingerprint density at radius 3 is 2.25 bits per heavy atom. The molecule has 1 heterocycles. The molecule has 1 fully saturated rings. The fourth-order valence-electron chi connectivity index (χ4n) is 2.68. The second-order valence-electron chi connectivity index (χ2n) is 6.11. The van der Waals surface area contributed by atoms with Crippen molar-refractivity contribution >= 4 is 7.36 Å². The number of hydrogen-bond acceptors (Lipinski definition) is 1. The van der Waals surface area contributed by atoms with Crippen LogP contribution in [-0.2, 0) is 0 Å². The molecule has 1 saturated heterocycles. The number of rotatable bonds is 1. The van der Waals surface area contributed by atoms with E-state index in [9.17, 15) is 0 Å². The lowest BCUT2D eigenvalue weighted by Crippen LogP contribution is -2.36. The van der Waals surface area contributed by atoms with Crippen molar-refractivity contribution in [2.45, 2.75) is 51.7 Å². The monoisotopic (exact) mass is 245 g/mol. The van der Waals surface area contributed by atoms with Crippen molar-refractivity contribution in [3.8, 4) is 0 Å². The van der Waals surface area contributed by atoms with E-state index in [1.807, 2.05) is 0 Å². The van der Waals surface area contributed by atoms with E-state index in [2.05, 4.69) is 58.2 Å². The van der Waals surface area contributed by atoms with Gasteiger partial charge in [0.15, 0.2) is 0 Å². The molecule has 1 aliphatic heterocycles. The van der Waals surface area contributed by atoms with Crippen molar-refractivity contribution in [3.63, 3.8) is 0 Å². The Bertz CT molecular complexity index is 277. The van der Waals surface area contributed by atoms with Gasteiger partial charge in [0.25, 0.3) is 0 Å². The molecule has 0 saturated carbocycles. The highest BCUT2D eigenvalue weighted by molar-refractivity contribution is 7.62. The fourth-order valence-corrected chi connectivity index (χ4v) is 7.13. The summed E-state index contributed by atoms with van der Waals surface area (Å²) in [6.07, 6.45) is 2.63. The smallest absolute Gasteiger partial charge is 0.0995 e. The van der Waals surface area contributed by atoms with Crippen LogP contribution in [0.4, 0.5) is 0 Å². The molecule has 0 radical (unpaired) electrons. The topological polar surface area (TPSA) is 18.8 Å². The van der Waals surface area contributed by atoms with Crippen LogP contribution in [0.25, 0.3) is 0 Å². The maximum Gasteiger partial charge on any atom is 0.0995 e. The molecule has 96 valence electrons. The molecule has 0 aromatic carbocycles. The van der Waals surface area contributed by atoms with Crippen molar-refractivity contribution in [3.05, 3.63) is 0 Å². The van der Waals surface area contributed by atoms with Gasteiger partial charge in [0.2, 0.25) is 0 Å². The van der Waals surface area contributed by atoms with Crippen LogP contribution in [0.2, 0.25) is 0 Å². The van der Waals surface area contributed by atoms with E-state index in [1.165, 1.54) is 19.4 Å². The van der Waals surface area contributed by atoms with Crippen molar-refractivity contribution in [1.29, 1.82) is 0 Å². The maximum atomic E-state index is 5.22. The molecule has 16 heavy (non-hydrogen) atoms. The first-order valence-electron chi connectivity index (χ1n) is 6.23. The molecule has 1 rings (SSSR count). The Hall–Kier alpha value is 0.150. The van der Waals surface area contributed by atoms with Gasteiger partial charge >= 0.3 is 0 Å². The van der Waals surface area contributed by atoms with Crippen LogP contribution in [0.15, 0.2) is 4.74 Å². The SMILES string of the molecule is CC1CCCN(C)P1(=NC(C)(C)C)N(C)C. The largest absolute Gasteiger partial charge is 0.268 e. The molecule has 2 unspecified atom stereocenters. The zero-order valence-electron chi connectivity index (χ0n) is 12.0. The molecule has 0 bridgehead atoms. The predicted octanol–water partition coefficient (Wildman–Crippen LogP) is 3.49. The van der Waals surface area contributed by atoms with E-state index >= 15 is 0 Å². The molecule has 4 heteroatoms. The standard InChI is InChI=1S/C12H28N3P/c1-11-9-8-10-15(7)16(11,14(5)6)13-12(2,3)4/h11H,8-10H2,1-7H3. The summed E-state index contributed by atoms with van der Waals surface area (Å²) in [6, 6.07) is 0. The summed E-state index contributed by atoms with van der Waals surface area (Å²) < 4.78 is 10.1. The zero-order chi connectivity index (χ0) is 12.6. The van der Waals surface area contributed by atoms with Gasteiger partial charge in [-0.2, -0.15) is 0 Å². The van der Waals surface area contributed by atoms with Gasteiger partial charge in [-0.15, -0.1) is 0 Å². The van der Waals surface area contributed by atoms with Gasteiger partial charge in [-0.1, -0.05) is 6.92 Å². The minimum Gasteiger partial charge on any atom is -0.268 e. The fraction of sp³-hybridized carbons (Fsp3) is 1.00. The third-order valence-corrected chi connectivity index (χ3v) is 7.95. The summed E-state index contributed by atoms with van der Waals surface area (Å²) in [7, 11) is 5.17. The van der Waals surface area contributed by atoms with E-state index in [-0.39, 0.29) is 5.54 Å². The normalized spacial score (nSPS) is 33.1. The molecule has 2 atom stereocenters. The summed E-state index contributed by atoms with van der Waals surface area (Å²) in [5.74, 6) is 0. The summed E-state index contributed by atoms with van der Waals surface area (Å²) in [5.41, 5.74) is 0.748. The van der Waals surface area contributed by atoms with Gasteiger partial charge in [0.05, 0.1) is 12.9 Å². The van der Waals surface area contributed by atoms with Crippen molar-refractivity contribution in [1.82, 2.24) is 9.34 Å². The van der Waals surface area contributed by atoms with E-state index in [0.717, 1.165) is 0 Å². The average Bonchev–Trinajstić information content (AvgIpc) is 2.09. The number of hydrogen-bond donors (Lipinski definition) is 0. The first-order valence-corrected chi connectivity index (χ1v) is 7.94. The average molecular weight is 245 g/mol. The minimum absolute atomic E-state index is 0.0535. The van der Waals surface area contributed by atoms with Gasteiger partial charge in [-0.25, -0.2) is 0 Å². The molecular weight excluding hydrogens is 217 g/mol. The Kier molecular flexibility index (Phi) is 4.26. The van der Waals surface area contributed by atoms with Crippen molar-refractivity contribution in [2.24, 2.45) is 4.74 Å². The van der Waals surface area contributed by atoms with Crippen LogP contribution in [-0.4, -0.2) is 48.2 Å². The molecule has 0 aromatic heterocycles. The van der Waals surface area contributed by atoms with Crippen LogP contribution in [0, 0.1) is 0 Å². The van der Waals surface area contributed by atoms with Crippen molar-refractivity contribution < 1.29 is 0 Å².